The summed E-state index contributed by atoms with van der Waals surface area (Å²) in [6.07, 6.45) is 4.80. The van der Waals surface area contributed by atoms with E-state index in [1.165, 1.54) is 0 Å². The van der Waals surface area contributed by atoms with Crippen molar-refractivity contribution in [3.05, 3.63) is 41.5 Å². The van der Waals surface area contributed by atoms with Crippen LogP contribution in [-0.4, -0.2) is 6.29 Å². The maximum Gasteiger partial charge on any atom is 0.150 e. The molecule has 1 aromatic carbocycles. The van der Waals surface area contributed by atoms with Gasteiger partial charge in [-0.2, -0.15) is 5.26 Å². The molecule has 0 aliphatic heterocycles. The molecule has 0 atom stereocenters. The molecular formula is C11H9NO. The van der Waals surface area contributed by atoms with E-state index in [1.54, 1.807) is 18.2 Å². The Morgan fingerprint density at radius 3 is 2.85 bits per heavy atom. The van der Waals surface area contributed by atoms with Gasteiger partial charge in [0.1, 0.15) is 6.29 Å². The van der Waals surface area contributed by atoms with E-state index in [-0.39, 0.29) is 0 Å². The highest BCUT2D eigenvalue weighted by atomic mass is 16.1. The van der Waals surface area contributed by atoms with Crippen molar-refractivity contribution in [1.82, 2.24) is 0 Å². The third kappa shape index (κ3) is 2.92. The fourth-order valence-corrected chi connectivity index (χ4v) is 0.984. The molecule has 2 heteroatoms. The van der Waals surface area contributed by atoms with Gasteiger partial charge in [0.2, 0.25) is 0 Å². The molecule has 0 aliphatic carbocycles. The number of nitriles is 1. The van der Waals surface area contributed by atoms with Crippen LogP contribution in [0.5, 0.6) is 0 Å². The van der Waals surface area contributed by atoms with Crippen LogP contribution in [0.15, 0.2) is 30.3 Å². The third-order valence-electron chi connectivity index (χ3n) is 1.57. The Kier molecular flexibility index (Phi) is 3.46. The second-order valence-corrected chi connectivity index (χ2v) is 2.55. The van der Waals surface area contributed by atoms with Crippen molar-refractivity contribution in [3.63, 3.8) is 0 Å². The average molecular weight is 171 g/mol. The van der Waals surface area contributed by atoms with Gasteiger partial charge in [-0.25, -0.2) is 0 Å². The maximum atomic E-state index is 10.4. The minimum absolute atomic E-state index is 0.394. The summed E-state index contributed by atoms with van der Waals surface area (Å²) in [7, 11) is 0. The number of hydrogen-bond acceptors (Lipinski definition) is 2. The highest BCUT2D eigenvalue weighted by Crippen LogP contribution is 2.05. The monoisotopic (exact) mass is 171 g/mol. The zero-order chi connectivity index (χ0) is 9.52. The zero-order valence-electron chi connectivity index (χ0n) is 7.10. The van der Waals surface area contributed by atoms with Crippen LogP contribution in [0.3, 0.4) is 0 Å². The first kappa shape index (κ1) is 9.21. The molecule has 0 N–H and O–H groups in total. The molecule has 64 valence electrons. The van der Waals surface area contributed by atoms with Gasteiger partial charge in [0, 0.05) is 5.56 Å². The molecular weight excluding hydrogens is 162 g/mol. The van der Waals surface area contributed by atoms with Gasteiger partial charge in [0.05, 0.1) is 12.5 Å². The lowest BCUT2D eigenvalue weighted by atomic mass is 10.1. The van der Waals surface area contributed by atoms with Crippen LogP contribution in [0.4, 0.5) is 0 Å². The number of carbonyl (C=O) groups is 1. The van der Waals surface area contributed by atoms with Crippen LogP contribution in [0.1, 0.15) is 22.3 Å². The van der Waals surface area contributed by atoms with Gasteiger partial charge in [0.25, 0.3) is 0 Å². The third-order valence-corrected chi connectivity index (χ3v) is 1.57. The molecule has 0 saturated heterocycles. The average Bonchev–Trinajstić information content (AvgIpc) is 2.19. The maximum absolute atomic E-state index is 10.4. The molecule has 1 aromatic rings. The van der Waals surface area contributed by atoms with Crippen LogP contribution in [0, 0.1) is 11.3 Å². The smallest absolute Gasteiger partial charge is 0.150 e. The second-order valence-electron chi connectivity index (χ2n) is 2.55. The molecule has 0 amide bonds. The summed E-state index contributed by atoms with van der Waals surface area (Å²) in [4.78, 5) is 10.4. The fraction of sp³-hybridized carbons (Fsp3) is 0.0909. The Balaban J connectivity index is 2.78. The van der Waals surface area contributed by atoms with Gasteiger partial charge in [0.15, 0.2) is 0 Å². The first-order valence-corrected chi connectivity index (χ1v) is 3.95. The minimum Gasteiger partial charge on any atom is -0.298 e. The summed E-state index contributed by atoms with van der Waals surface area (Å²) in [5, 5.41) is 8.29. The van der Waals surface area contributed by atoms with Gasteiger partial charge < -0.3 is 0 Å². The van der Waals surface area contributed by atoms with Crippen molar-refractivity contribution in [2.24, 2.45) is 0 Å². The van der Waals surface area contributed by atoms with Crippen LogP contribution < -0.4 is 0 Å². The van der Waals surface area contributed by atoms with E-state index < -0.39 is 0 Å². The van der Waals surface area contributed by atoms with E-state index in [1.807, 2.05) is 24.3 Å². The predicted molar refractivity (Wildman–Crippen MR) is 51.1 cm³/mol. The van der Waals surface area contributed by atoms with Crippen LogP contribution >= 0.6 is 0 Å². The Morgan fingerprint density at radius 2 is 2.15 bits per heavy atom. The number of allylic oxidation sites excluding steroid dienone is 1. The molecule has 0 saturated carbocycles. The number of nitrogens with zero attached hydrogens (tertiary/aromatic N) is 1. The number of aldehydes is 1. The predicted octanol–water partition coefficient (Wildman–Crippen LogP) is 2.43. The summed E-state index contributed by atoms with van der Waals surface area (Å²) in [6.45, 7) is 0. The van der Waals surface area contributed by atoms with Crippen LogP contribution in [0.2, 0.25) is 0 Å². The van der Waals surface area contributed by atoms with Crippen molar-refractivity contribution in [1.29, 1.82) is 5.26 Å². The number of carbonyl (C=O) groups excluding carboxylic acids is 1. The molecule has 0 heterocycles. The lowest BCUT2D eigenvalue weighted by Crippen LogP contribution is -1.79. The van der Waals surface area contributed by atoms with E-state index in [2.05, 4.69) is 0 Å². The number of rotatable bonds is 3. The fourth-order valence-electron chi connectivity index (χ4n) is 0.984. The van der Waals surface area contributed by atoms with Gasteiger partial charge in [-0.15, -0.1) is 0 Å². The summed E-state index contributed by atoms with van der Waals surface area (Å²) in [5.74, 6) is 0. The molecule has 13 heavy (non-hydrogen) atoms. The van der Waals surface area contributed by atoms with Crippen molar-refractivity contribution >= 4 is 12.4 Å². The standard InChI is InChI=1S/C11H9NO/c12-7-2-1-4-10-5-3-6-11(8-10)9-13/h1,3-6,8-9H,2H2. The number of benzene rings is 1. The van der Waals surface area contributed by atoms with Crippen molar-refractivity contribution in [3.8, 4) is 6.07 Å². The molecule has 0 aromatic heterocycles. The normalized spacial score (nSPS) is 9.77. The highest BCUT2D eigenvalue weighted by Gasteiger charge is 1.89. The Hall–Kier alpha value is -1.88. The highest BCUT2D eigenvalue weighted by molar-refractivity contribution is 5.76. The Labute approximate surface area is 77.1 Å². The first-order valence-electron chi connectivity index (χ1n) is 3.95. The van der Waals surface area contributed by atoms with Crippen LogP contribution in [-0.2, 0) is 0 Å². The summed E-state index contributed by atoms with van der Waals surface area (Å²) < 4.78 is 0. The summed E-state index contributed by atoms with van der Waals surface area (Å²) >= 11 is 0. The SMILES string of the molecule is N#CCC=Cc1cccc(C=O)c1. The van der Waals surface area contributed by atoms with E-state index in [0.717, 1.165) is 11.8 Å². The van der Waals surface area contributed by atoms with Gasteiger partial charge >= 0.3 is 0 Å². The van der Waals surface area contributed by atoms with Gasteiger partial charge in [-0.1, -0.05) is 30.4 Å². The largest absolute Gasteiger partial charge is 0.298 e. The van der Waals surface area contributed by atoms with Crippen LogP contribution in [0.25, 0.3) is 6.08 Å². The number of hydrogen-bond donors (Lipinski definition) is 0. The van der Waals surface area contributed by atoms with E-state index in [0.29, 0.717) is 12.0 Å². The summed E-state index contributed by atoms with van der Waals surface area (Å²) in [6, 6.07) is 9.24. The molecule has 0 unspecified atom stereocenters. The topological polar surface area (TPSA) is 40.9 Å². The van der Waals surface area contributed by atoms with E-state index >= 15 is 0 Å². The van der Waals surface area contributed by atoms with Gasteiger partial charge in [-0.3, -0.25) is 4.79 Å². The minimum atomic E-state index is 0.394. The van der Waals surface area contributed by atoms with Gasteiger partial charge in [-0.05, 0) is 11.6 Å². The molecule has 0 radical (unpaired) electrons. The van der Waals surface area contributed by atoms with E-state index in [4.69, 9.17) is 5.26 Å². The van der Waals surface area contributed by atoms with Crippen molar-refractivity contribution in [2.45, 2.75) is 6.42 Å². The summed E-state index contributed by atoms with van der Waals surface area (Å²) in [5.41, 5.74) is 1.60. The molecule has 0 bridgehead atoms. The lowest BCUT2D eigenvalue weighted by Gasteiger charge is -1.93. The molecule has 2 nitrogen and oxygen atoms in total. The molecule has 1 rings (SSSR count). The zero-order valence-corrected chi connectivity index (χ0v) is 7.10. The van der Waals surface area contributed by atoms with E-state index in [9.17, 15) is 4.79 Å². The lowest BCUT2D eigenvalue weighted by molar-refractivity contribution is 0.112. The first-order chi connectivity index (χ1) is 6.36. The quantitative estimate of drug-likeness (QED) is 0.655. The molecule has 0 spiro atoms. The second kappa shape index (κ2) is 4.89. The Morgan fingerprint density at radius 1 is 1.38 bits per heavy atom. The molecule has 0 aliphatic rings. The molecule has 0 fully saturated rings. The van der Waals surface area contributed by atoms with Crippen molar-refractivity contribution < 1.29 is 4.79 Å². The Bertz CT molecular complexity index is 361. The van der Waals surface area contributed by atoms with Crippen molar-refractivity contribution in [2.75, 3.05) is 0 Å².